The number of nitrogens with one attached hydrogen (secondary N) is 2. The number of sulfonamides is 1. The molecular weight excluding hydrogens is 271 g/mol. The van der Waals surface area contributed by atoms with Crippen LogP contribution in [0.25, 0.3) is 0 Å². The molecule has 1 aromatic heterocycles. The van der Waals surface area contributed by atoms with Crippen LogP contribution in [0, 0.1) is 5.82 Å². The number of aryl methyl sites for hydroxylation is 1. The average Bonchev–Trinajstić information content (AvgIpc) is 2.24. The molecule has 0 aliphatic carbocycles. The highest BCUT2D eigenvalue weighted by molar-refractivity contribution is 7.88. The molecular formula is C11H19FN4O2S. The quantitative estimate of drug-likeness (QED) is 0.814. The molecule has 0 aliphatic heterocycles. The van der Waals surface area contributed by atoms with Gasteiger partial charge in [-0.3, -0.25) is 0 Å². The molecule has 2 N–H and O–H groups in total. The number of rotatable bonds is 6. The molecule has 1 rings (SSSR count). The van der Waals surface area contributed by atoms with Crippen molar-refractivity contribution in [3.05, 3.63) is 17.8 Å². The monoisotopic (exact) mass is 290 g/mol. The zero-order chi connectivity index (χ0) is 14.7. The molecule has 6 nitrogen and oxygen atoms in total. The summed E-state index contributed by atoms with van der Waals surface area (Å²) in [6.07, 6.45) is 2.82. The zero-order valence-electron chi connectivity index (χ0n) is 11.5. The Kier molecular flexibility index (Phi) is 4.81. The summed E-state index contributed by atoms with van der Waals surface area (Å²) in [6, 6.07) is 0. The van der Waals surface area contributed by atoms with Gasteiger partial charge in [0.2, 0.25) is 10.0 Å². The number of aromatic nitrogens is 2. The van der Waals surface area contributed by atoms with E-state index in [-0.39, 0.29) is 12.4 Å². The first-order chi connectivity index (χ1) is 8.64. The van der Waals surface area contributed by atoms with Gasteiger partial charge in [0.25, 0.3) is 0 Å². The van der Waals surface area contributed by atoms with E-state index < -0.39 is 21.4 Å². The van der Waals surface area contributed by atoms with Gasteiger partial charge in [0, 0.05) is 12.1 Å². The van der Waals surface area contributed by atoms with Crippen molar-refractivity contribution in [1.29, 1.82) is 0 Å². The van der Waals surface area contributed by atoms with Crippen LogP contribution in [-0.2, 0) is 16.4 Å². The normalized spacial score (nSPS) is 12.5. The Bertz CT molecular complexity index is 546. The first-order valence-corrected chi connectivity index (χ1v) is 7.76. The lowest BCUT2D eigenvalue weighted by Gasteiger charge is -2.25. The van der Waals surface area contributed by atoms with E-state index in [9.17, 15) is 12.8 Å². The van der Waals surface area contributed by atoms with Crippen molar-refractivity contribution in [2.24, 2.45) is 0 Å². The van der Waals surface area contributed by atoms with Gasteiger partial charge < -0.3 is 5.32 Å². The molecule has 0 radical (unpaired) electrons. The first-order valence-electron chi connectivity index (χ1n) is 5.87. The van der Waals surface area contributed by atoms with E-state index >= 15 is 0 Å². The lowest BCUT2D eigenvalue weighted by atomic mass is 10.1. The summed E-state index contributed by atoms with van der Waals surface area (Å²) < 4.78 is 38.7. The largest absolute Gasteiger partial charge is 0.366 e. The summed E-state index contributed by atoms with van der Waals surface area (Å²) in [5, 5.41) is 2.80. The van der Waals surface area contributed by atoms with Crippen LogP contribution < -0.4 is 10.0 Å². The van der Waals surface area contributed by atoms with E-state index in [4.69, 9.17) is 0 Å². The summed E-state index contributed by atoms with van der Waals surface area (Å²) in [4.78, 5) is 7.64. The van der Waals surface area contributed by atoms with Crippen LogP contribution >= 0.6 is 0 Å². The lowest BCUT2D eigenvalue weighted by molar-refractivity contribution is 0.474. The Morgan fingerprint density at radius 2 is 2.00 bits per heavy atom. The highest BCUT2D eigenvalue weighted by Gasteiger charge is 2.22. The molecule has 0 aliphatic rings. The van der Waals surface area contributed by atoms with E-state index in [0.717, 1.165) is 6.26 Å². The SMILES string of the molecule is CCc1ncnc(NCC(C)(C)NS(C)(=O)=O)c1F. The van der Waals surface area contributed by atoms with Crippen LogP contribution in [-0.4, -0.2) is 36.7 Å². The summed E-state index contributed by atoms with van der Waals surface area (Å²) in [5.41, 5.74) is -0.427. The third-order valence-corrected chi connectivity index (χ3v) is 3.28. The Morgan fingerprint density at radius 3 is 2.53 bits per heavy atom. The van der Waals surface area contributed by atoms with Crippen molar-refractivity contribution in [2.75, 3.05) is 18.1 Å². The number of hydrogen-bond donors (Lipinski definition) is 2. The minimum Gasteiger partial charge on any atom is -0.366 e. The molecule has 1 aromatic rings. The molecule has 8 heteroatoms. The number of anilines is 1. The highest BCUT2D eigenvalue weighted by Crippen LogP contribution is 2.14. The van der Waals surface area contributed by atoms with Crippen molar-refractivity contribution in [2.45, 2.75) is 32.7 Å². The second-order valence-electron chi connectivity index (χ2n) is 4.95. The predicted molar refractivity (Wildman–Crippen MR) is 71.9 cm³/mol. The first kappa shape index (κ1) is 15.8. The van der Waals surface area contributed by atoms with Gasteiger partial charge >= 0.3 is 0 Å². The van der Waals surface area contributed by atoms with Gasteiger partial charge in [-0.2, -0.15) is 0 Å². The van der Waals surface area contributed by atoms with E-state index in [1.165, 1.54) is 6.33 Å². The summed E-state index contributed by atoms with van der Waals surface area (Å²) >= 11 is 0. The summed E-state index contributed by atoms with van der Waals surface area (Å²) in [7, 11) is -3.33. The van der Waals surface area contributed by atoms with Crippen molar-refractivity contribution >= 4 is 15.8 Å². The molecule has 0 bridgehead atoms. The fourth-order valence-corrected chi connectivity index (χ4v) is 2.69. The van der Waals surface area contributed by atoms with Gasteiger partial charge in [-0.1, -0.05) is 6.92 Å². The van der Waals surface area contributed by atoms with Crippen LogP contribution in [0.3, 0.4) is 0 Å². The maximum atomic E-state index is 13.9. The molecule has 108 valence electrons. The van der Waals surface area contributed by atoms with Gasteiger partial charge in [0.05, 0.1) is 11.9 Å². The molecule has 0 saturated carbocycles. The van der Waals surface area contributed by atoms with Gasteiger partial charge in [0.15, 0.2) is 11.6 Å². The molecule has 0 spiro atoms. The minimum atomic E-state index is -3.33. The van der Waals surface area contributed by atoms with Crippen molar-refractivity contribution < 1.29 is 12.8 Å². The van der Waals surface area contributed by atoms with Gasteiger partial charge in [0.1, 0.15) is 6.33 Å². The average molecular weight is 290 g/mol. The Balaban J connectivity index is 2.77. The molecule has 0 saturated heterocycles. The predicted octanol–water partition coefficient (Wildman–Crippen LogP) is 0.918. The van der Waals surface area contributed by atoms with Crippen LogP contribution in [0.5, 0.6) is 0 Å². The smallest absolute Gasteiger partial charge is 0.209 e. The summed E-state index contributed by atoms with van der Waals surface area (Å²) in [5.74, 6) is -0.421. The van der Waals surface area contributed by atoms with Crippen LogP contribution in [0.2, 0.25) is 0 Å². The molecule has 0 amide bonds. The van der Waals surface area contributed by atoms with Crippen LogP contribution in [0.4, 0.5) is 10.2 Å². The van der Waals surface area contributed by atoms with Crippen molar-refractivity contribution in [3.63, 3.8) is 0 Å². The second-order valence-corrected chi connectivity index (χ2v) is 6.70. The summed E-state index contributed by atoms with van der Waals surface area (Å²) in [6.45, 7) is 5.39. The zero-order valence-corrected chi connectivity index (χ0v) is 12.3. The van der Waals surface area contributed by atoms with Gasteiger partial charge in [-0.25, -0.2) is 27.5 Å². The molecule has 0 atom stereocenters. The lowest BCUT2D eigenvalue weighted by Crippen LogP contribution is -2.48. The molecule has 0 unspecified atom stereocenters. The van der Waals surface area contributed by atoms with Gasteiger partial charge in [-0.15, -0.1) is 0 Å². The van der Waals surface area contributed by atoms with Crippen LogP contribution in [0.15, 0.2) is 6.33 Å². The van der Waals surface area contributed by atoms with E-state index in [2.05, 4.69) is 20.0 Å². The van der Waals surface area contributed by atoms with Gasteiger partial charge in [-0.05, 0) is 20.3 Å². The molecule has 0 fully saturated rings. The Hall–Kier alpha value is -1.28. The minimum absolute atomic E-state index is 0.0789. The highest BCUT2D eigenvalue weighted by atomic mass is 32.2. The third kappa shape index (κ3) is 5.07. The fourth-order valence-electron chi connectivity index (χ4n) is 1.62. The maximum absolute atomic E-state index is 13.9. The number of nitrogens with zero attached hydrogens (tertiary/aromatic N) is 2. The Morgan fingerprint density at radius 1 is 1.37 bits per heavy atom. The topological polar surface area (TPSA) is 84.0 Å². The second kappa shape index (κ2) is 5.79. The van der Waals surface area contributed by atoms with E-state index in [1.807, 2.05) is 0 Å². The number of halogens is 1. The van der Waals surface area contributed by atoms with Crippen molar-refractivity contribution in [3.8, 4) is 0 Å². The maximum Gasteiger partial charge on any atom is 0.209 e. The van der Waals surface area contributed by atoms with Crippen LogP contribution in [0.1, 0.15) is 26.5 Å². The van der Waals surface area contributed by atoms with E-state index in [1.54, 1.807) is 20.8 Å². The van der Waals surface area contributed by atoms with Crippen molar-refractivity contribution in [1.82, 2.24) is 14.7 Å². The Labute approximate surface area is 112 Å². The fraction of sp³-hybridized carbons (Fsp3) is 0.636. The van der Waals surface area contributed by atoms with E-state index in [0.29, 0.717) is 12.1 Å². The standard InChI is InChI=1S/C11H19FN4O2S/c1-5-8-9(12)10(15-7-14-8)13-6-11(2,3)16-19(4,17)18/h7,16H,5-6H2,1-4H3,(H,13,14,15). The third-order valence-electron chi connectivity index (χ3n) is 2.36. The number of hydrogen-bond acceptors (Lipinski definition) is 5. The molecule has 0 aromatic carbocycles. The molecule has 1 heterocycles. The molecule has 19 heavy (non-hydrogen) atoms.